The van der Waals surface area contributed by atoms with Crippen molar-refractivity contribution in [3.05, 3.63) is 16.6 Å². The molecule has 0 saturated heterocycles. The van der Waals surface area contributed by atoms with Crippen molar-refractivity contribution in [2.45, 2.75) is 39.2 Å². The molecule has 1 aromatic rings. The van der Waals surface area contributed by atoms with Crippen molar-refractivity contribution in [3.63, 3.8) is 0 Å². The molecule has 0 atom stereocenters. The Balaban J connectivity index is 2.29. The number of carbonyl (C=O) groups is 1. The summed E-state index contributed by atoms with van der Waals surface area (Å²) in [6.45, 7) is 5.62. The van der Waals surface area contributed by atoms with Crippen molar-refractivity contribution in [1.82, 2.24) is 4.98 Å². The van der Waals surface area contributed by atoms with Crippen molar-refractivity contribution < 1.29 is 9.53 Å². The van der Waals surface area contributed by atoms with Gasteiger partial charge in [0.25, 0.3) is 0 Å². The predicted molar refractivity (Wildman–Crippen MR) is 56.3 cm³/mol. The lowest BCUT2D eigenvalue weighted by atomic mass is 10.2. The lowest BCUT2D eigenvalue weighted by Crippen LogP contribution is -2.23. The second-order valence-electron chi connectivity index (χ2n) is 4.05. The second-order valence-corrected chi connectivity index (χ2v) is 5.03. The van der Waals surface area contributed by atoms with E-state index in [2.05, 4.69) is 4.98 Å². The number of aryl methyl sites for hydroxylation is 1. The van der Waals surface area contributed by atoms with Crippen LogP contribution in [0, 0.1) is 0 Å². The second kappa shape index (κ2) is 4.55. The van der Waals surface area contributed by atoms with Gasteiger partial charge in [0.05, 0.1) is 11.9 Å². The van der Waals surface area contributed by atoms with Gasteiger partial charge in [0.1, 0.15) is 5.60 Å². The van der Waals surface area contributed by atoms with E-state index in [1.165, 1.54) is 0 Å². The summed E-state index contributed by atoms with van der Waals surface area (Å²) < 4.78 is 5.18. The smallest absolute Gasteiger partial charge is 0.306 e. The molecule has 0 aliphatic heterocycles. The van der Waals surface area contributed by atoms with Gasteiger partial charge in [-0.3, -0.25) is 9.78 Å². The zero-order valence-corrected chi connectivity index (χ0v) is 9.56. The van der Waals surface area contributed by atoms with Gasteiger partial charge in [-0.05, 0) is 27.2 Å². The van der Waals surface area contributed by atoms with Crippen LogP contribution in [0.3, 0.4) is 0 Å². The Hall–Kier alpha value is -0.900. The van der Waals surface area contributed by atoms with Crippen molar-refractivity contribution in [1.29, 1.82) is 0 Å². The summed E-state index contributed by atoms with van der Waals surface area (Å²) >= 11 is 1.56. The van der Waals surface area contributed by atoms with E-state index >= 15 is 0 Å². The Morgan fingerprint density at radius 1 is 1.57 bits per heavy atom. The first-order valence-corrected chi connectivity index (χ1v) is 5.44. The normalized spacial score (nSPS) is 11.4. The molecule has 0 radical (unpaired) electrons. The Morgan fingerprint density at radius 3 is 2.79 bits per heavy atom. The summed E-state index contributed by atoms with van der Waals surface area (Å²) in [6, 6.07) is 0. The molecule has 14 heavy (non-hydrogen) atoms. The molecule has 0 saturated carbocycles. The van der Waals surface area contributed by atoms with Crippen molar-refractivity contribution in [2.24, 2.45) is 0 Å². The van der Waals surface area contributed by atoms with E-state index in [1.807, 2.05) is 20.8 Å². The number of thiazole rings is 1. The Morgan fingerprint density at radius 2 is 2.29 bits per heavy atom. The summed E-state index contributed by atoms with van der Waals surface area (Å²) in [5, 5.41) is 0. The van der Waals surface area contributed by atoms with Crippen LogP contribution in [-0.2, 0) is 16.0 Å². The standard InChI is InChI=1S/C10H15NO2S/c1-10(2,3)13-9(12)5-4-8-6-11-7-14-8/h6-7H,4-5H2,1-3H3. The molecule has 0 amide bonds. The van der Waals surface area contributed by atoms with Gasteiger partial charge in [-0.2, -0.15) is 0 Å². The number of esters is 1. The summed E-state index contributed by atoms with van der Waals surface area (Å²) in [4.78, 5) is 16.4. The van der Waals surface area contributed by atoms with E-state index in [1.54, 1.807) is 23.0 Å². The highest BCUT2D eigenvalue weighted by Crippen LogP contribution is 2.12. The number of hydrogen-bond donors (Lipinski definition) is 0. The van der Waals surface area contributed by atoms with Crippen molar-refractivity contribution in [3.8, 4) is 0 Å². The van der Waals surface area contributed by atoms with E-state index in [9.17, 15) is 4.79 Å². The predicted octanol–water partition coefficient (Wildman–Crippen LogP) is 2.42. The first-order valence-electron chi connectivity index (χ1n) is 4.56. The van der Waals surface area contributed by atoms with Crippen LogP contribution in [0.15, 0.2) is 11.7 Å². The molecule has 1 rings (SSSR count). The van der Waals surface area contributed by atoms with E-state index in [-0.39, 0.29) is 11.6 Å². The largest absolute Gasteiger partial charge is 0.460 e. The van der Waals surface area contributed by atoms with Crippen LogP contribution < -0.4 is 0 Å². The Kier molecular flexibility index (Phi) is 3.63. The molecule has 0 aliphatic rings. The maximum absolute atomic E-state index is 11.3. The van der Waals surface area contributed by atoms with Crippen LogP contribution in [0.25, 0.3) is 0 Å². The van der Waals surface area contributed by atoms with Crippen LogP contribution in [0.4, 0.5) is 0 Å². The van der Waals surface area contributed by atoms with Crippen LogP contribution in [0.1, 0.15) is 32.1 Å². The number of carbonyl (C=O) groups excluding carboxylic acids is 1. The van der Waals surface area contributed by atoms with Gasteiger partial charge in [-0.25, -0.2) is 0 Å². The summed E-state index contributed by atoms with van der Waals surface area (Å²) in [6.07, 6.45) is 2.94. The van der Waals surface area contributed by atoms with Gasteiger partial charge in [0.2, 0.25) is 0 Å². The highest BCUT2D eigenvalue weighted by Gasteiger charge is 2.15. The topological polar surface area (TPSA) is 39.2 Å². The molecule has 0 aliphatic carbocycles. The van der Waals surface area contributed by atoms with E-state index in [0.717, 1.165) is 11.3 Å². The lowest BCUT2D eigenvalue weighted by molar-refractivity contribution is -0.154. The molecule has 0 aromatic carbocycles. The summed E-state index contributed by atoms with van der Waals surface area (Å²) in [7, 11) is 0. The molecule has 0 spiro atoms. The Bertz CT molecular complexity index is 288. The highest BCUT2D eigenvalue weighted by molar-refractivity contribution is 7.09. The summed E-state index contributed by atoms with van der Waals surface area (Å²) in [5.41, 5.74) is 1.38. The third-order valence-electron chi connectivity index (χ3n) is 1.48. The van der Waals surface area contributed by atoms with E-state index in [4.69, 9.17) is 4.74 Å². The SMILES string of the molecule is CC(C)(C)OC(=O)CCc1cncs1. The van der Waals surface area contributed by atoms with E-state index < -0.39 is 0 Å². The van der Waals surface area contributed by atoms with Crippen LogP contribution in [0.5, 0.6) is 0 Å². The Labute approximate surface area is 88.1 Å². The average Bonchev–Trinajstić information content (AvgIpc) is 2.49. The first kappa shape index (κ1) is 11.2. The van der Waals surface area contributed by atoms with Crippen LogP contribution in [-0.4, -0.2) is 16.6 Å². The number of ether oxygens (including phenoxy) is 1. The third kappa shape index (κ3) is 4.37. The monoisotopic (exact) mass is 213 g/mol. The third-order valence-corrected chi connectivity index (χ3v) is 2.32. The minimum atomic E-state index is -0.384. The molecule has 0 bridgehead atoms. The first-order chi connectivity index (χ1) is 6.47. The molecule has 4 heteroatoms. The summed E-state index contributed by atoms with van der Waals surface area (Å²) in [5.74, 6) is -0.147. The van der Waals surface area contributed by atoms with Gasteiger partial charge in [0.15, 0.2) is 0 Å². The van der Waals surface area contributed by atoms with Crippen molar-refractivity contribution in [2.75, 3.05) is 0 Å². The average molecular weight is 213 g/mol. The minimum Gasteiger partial charge on any atom is -0.460 e. The molecule has 0 unspecified atom stereocenters. The number of aromatic nitrogens is 1. The molecule has 3 nitrogen and oxygen atoms in total. The highest BCUT2D eigenvalue weighted by atomic mass is 32.1. The molecular weight excluding hydrogens is 198 g/mol. The number of hydrogen-bond acceptors (Lipinski definition) is 4. The molecular formula is C10H15NO2S. The molecule has 1 heterocycles. The van der Waals surface area contributed by atoms with Crippen molar-refractivity contribution >= 4 is 17.3 Å². The fourth-order valence-electron chi connectivity index (χ4n) is 0.983. The maximum atomic E-state index is 11.3. The van der Waals surface area contributed by atoms with E-state index in [0.29, 0.717) is 6.42 Å². The van der Waals surface area contributed by atoms with Gasteiger partial charge in [-0.15, -0.1) is 11.3 Å². The maximum Gasteiger partial charge on any atom is 0.306 e. The fourth-order valence-corrected chi connectivity index (χ4v) is 1.58. The molecule has 0 fully saturated rings. The fraction of sp³-hybridized carbons (Fsp3) is 0.600. The minimum absolute atomic E-state index is 0.147. The number of rotatable bonds is 3. The van der Waals surface area contributed by atoms with Crippen LogP contribution in [0.2, 0.25) is 0 Å². The molecule has 78 valence electrons. The molecule has 0 N–H and O–H groups in total. The van der Waals surface area contributed by atoms with Gasteiger partial charge in [0, 0.05) is 11.1 Å². The zero-order valence-electron chi connectivity index (χ0n) is 8.74. The van der Waals surface area contributed by atoms with Gasteiger partial charge in [-0.1, -0.05) is 0 Å². The van der Waals surface area contributed by atoms with Gasteiger partial charge >= 0.3 is 5.97 Å². The van der Waals surface area contributed by atoms with Crippen LogP contribution >= 0.6 is 11.3 Å². The lowest BCUT2D eigenvalue weighted by Gasteiger charge is -2.19. The zero-order chi connectivity index (χ0) is 10.6. The number of nitrogens with zero attached hydrogens (tertiary/aromatic N) is 1. The quantitative estimate of drug-likeness (QED) is 0.724. The molecule has 1 aromatic heterocycles. The van der Waals surface area contributed by atoms with Gasteiger partial charge < -0.3 is 4.74 Å².